The highest BCUT2D eigenvalue weighted by Crippen LogP contribution is 2.31. The number of nitrogens with one attached hydrogen (secondary N) is 1. The minimum absolute atomic E-state index is 0.153. The summed E-state index contributed by atoms with van der Waals surface area (Å²) in [6.07, 6.45) is 6.71. The Balaban J connectivity index is 1.78. The summed E-state index contributed by atoms with van der Waals surface area (Å²) in [5.41, 5.74) is 0. The molecule has 1 aromatic rings. The van der Waals surface area contributed by atoms with E-state index >= 15 is 0 Å². The van der Waals surface area contributed by atoms with Gasteiger partial charge in [-0.05, 0) is 49.6 Å². The van der Waals surface area contributed by atoms with Gasteiger partial charge in [0.15, 0.2) is 0 Å². The maximum absolute atomic E-state index is 12.9. The second-order valence-corrected chi connectivity index (χ2v) is 6.54. The first-order valence-corrected chi connectivity index (χ1v) is 8.38. The number of hydrogen-bond donors (Lipinski definition) is 1. The van der Waals surface area contributed by atoms with Gasteiger partial charge in [-0.2, -0.15) is 0 Å². The Kier molecular flexibility index (Phi) is 6.18. The Bertz CT molecular complexity index is 362. The molecule has 0 aliphatic heterocycles. The zero-order valence-corrected chi connectivity index (χ0v) is 12.5. The Morgan fingerprint density at radius 2 is 2.05 bits per heavy atom. The van der Waals surface area contributed by atoms with Crippen LogP contribution >= 0.6 is 11.8 Å². The molecule has 0 spiro atoms. The van der Waals surface area contributed by atoms with Crippen LogP contribution in [-0.4, -0.2) is 18.3 Å². The number of halogens is 1. The van der Waals surface area contributed by atoms with E-state index in [0.717, 1.165) is 18.2 Å². The van der Waals surface area contributed by atoms with Crippen LogP contribution < -0.4 is 5.32 Å². The van der Waals surface area contributed by atoms with E-state index < -0.39 is 0 Å². The minimum Gasteiger partial charge on any atom is -0.313 e. The normalized spacial score (nSPS) is 17.2. The first-order valence-electron chi connectivity index (χ1n) is 7.39. The van der Waals surface area contributed by atoms with Crippen molar-refractivity contribution in [3.63, 3.8) is 0 Å². The van der Waals surface area contributed by atoms with E-state index in [0.29, 0.717) is 6.04 Å². The largest absolute Gasteiger partial charge is 0.313 e. The fraction of sp³-hybridized carbons (Fsp3) is 0.625. The van der Waals surface area contributed by atoms with Crippen molar-refractivity contribution in [1.82, 2.24) is 5.32 Å². The molecule has 1 saturated carbocycles. The van der Waals surface area contributed by atoms with Crippen LogP contribution in [0.25, 0.3) is 0 Å². The second-order valence-electron chi connectivity index (χ2n) is 5.45. The van der Waals surface area contributed by atoms with E-state index in [1.165, 1.54) is 37.0 Å². The maximum atomic E-state index is 12.9. The molecule has 2 rings (SSSR count). The monoisotopic (exact) mass is 281 g/mol. The van der Waals surface area contributed by atoms with Crippen molar-refractivity contribution in [3.05, 3.63) is 30.1 Å². The van der Waals surface area contributed by atoms with Crippen molar-refractivity contribution >= 4 is 11.8 Å². The fourth-order valence-corrected chi connectivity index (χ4v) is 3.39. The number of hydrogen-bond acceptors (Lipinski definition) is 2. The van der Waals surface area contributed by atoms with E-state index in [4.69, 9.17) is 0 Å². The van der Waals surface area contributed by atoms with Crippen molar-refractivity contribution < 1.29 is 4.39 Å². The zero-order valence-electron chi connectivity index (χ0n) is 11.7. The lowest BCUT2D eigenvalue weighted by molar-refractivity contribution is 0.268. The standard InChI is InChI=1S/C16H24FNS/c1-2-10-18-15(11-13-4-3-5-13)12-19-16-8-6-14(17)7-9-16/h6-9,13,15,18H,2-5,10-12H2,1H3. The fourth-order valence-electron chi connectivity index (χ4n) is 2.42. The van der Waals surface area contributed by atoms with Crippen LogP contribution in [-0.2, 0) is 0 Å². The van der Waals surface area contributed by atoms with Gasteiger partial charge in [0.2, 0.25) is 0 Å². The van der Waals surface area contributed by atoms with Crippen molar-refractivity contribution in [1.29, 1.82) is 0 Å². The minimum atomic E-state index is -0.153. The van der Waals surface area contributed by atoms with Crippen molar-refractivity contribution in [2.24, 2.45) is 5.92 Å². The molecular weight excluding hydrogens is 257 g/mol. The summed E-state index contributed by atoms with van der Waals surface area (Å²) in [6.45, 7) is 3.31. The molecule has 1 atom stereocenters. The smallest absolute Gasteiger partial charge is 0.123 e. The molecule has 1 aromatic carbocycles. The van der Waals surface area contributed by atoms with Crippen LogP contribution in [0.15, 0.2) is 29.2 Å². The molecule has 0 aromatic heterocycles. The van der Waals surface area contributed by atoms with E-state index in [1.807, 2.05) is 23.9 Å². The molecule has 1 fully saturated rings. The third-order valence-electron chi connectivity index (χ3n) is 3.79. The third-order valence-corrected chi connectivity index (χ3v) is 4.96. The SMILES string of the molecule is CCCNC(CSc1ccc(F)cc1)CC1CCC1. The summed E-state index contributed by atoms with van der Waals surface area (Å²) in [5, 5.41) is 3.66. The molecule has 3 heteroatoms. The molecule has 1 N–H and O–H groups in total. The van der Waals surface area contributed by atoms with Gasteiger partial charge in [0.05, 0.1) is 0 Å². The third kappa shape index (κ3) is 5.15. The molecule has 1 nitrogen and oxygen atoms in total. The topological polar surface area (TPSA) is 12.0 Å². The molecule has 1 aliphatic rings. The summed E-state index contributed by atoms with van der Waals surface area (Å²) in [6, 6.07) is 7.44. The van der Waals surface area contributed by atoms with Crippen molar-refractivity contribution in [2.45, 2.75) is 50.0 Å². The van der Waals surface area contributed by atoms with Gasteiger partial charge in [-0.3, -0.25) is 0 Å². The van der Waals surface area contributed by atoms with Crippen LogP contribution in [0.3, 0.4) is 0 Å². The summed E-state index contributed by atoms with van der Waals surface area (Å²) < 4.78 is 12.9. The summed E-state index contributed by atoms with van der Waals surface area (Å²) >= 11 is 1.84. The van der Waals surface area contributed by atoms with Gasteiger partial charge < -0.3 is 5.32 Å². The van der Waals surface area contributed by atoms with Gasteiger partial charge in [0, 0.05) is 16.7 Å². The predicted octanol–water partition coefficient (Wildman–Crippen LogP) is 4.48. The van der Waals surface area contributed by atoms with Gasteiger partial charge in [-0.15, -0.1) is 11.8 Å². The van der Waals surface area contributed by atoms with Crippen LogP contribution in [0.1, 0.15) is 39.0 Å². The Morgan fingerprint density at radius 3 is 2.63 bits per heavy atom. The van der Waals surface area contributed by atoms with Gasteiger partial charge in [-0.1, -0.05) is 26.2 Å². The van der Waals surface area contributed by atoms with E-state index in [1.54, 1.807) is 12.1 Å². The highest BCUT2D eigenvalue weighted by Gasteiger charge is 2.21. The van der Waals surface area contributed by atoms with Gasteiger partial charge in [0.25, 0.3) is 0 Å². The molecular formula is C16H24FNS. The highest BCUT2D eigenvalue weighted by atomic mass is 32.2. The Labute approximate surface area is 120 Å². The number of rotatable bonds is 8. The molecule has 1 unspecified atom stereocenters. The zero-order chi connectivity index (χ0) is 13.5. The number of benzene rings is 1. The predicted molar refractivity (Wildman–Crippen MR) is 81.2 cm³/mol. The lowest BCUT2D eigenvalue weighted by Crippen LogP contribution is -2.35. The van der Waals surface area contributed by atoms with Gasteiger partial charge in [0.1, 0.15) is 5.82 Å². The summed E-state index contributed by atoms with van der Waals surface area (Å²) in [4.78, 5) is 1.17. The number of thioether (sulfide) groups is 1. The van der Waals surface area contributed by atoms with Crippen LogP contribution in [0.5, 0.6) is 0 Å². The van der Waals surface area contributed by atoms with Crippen LogP contribution in [0.2, 0.25) is 0 Å². The maximum Gasteiger partial charge on any atom is 0.123 e. The van der Waals surface area contributed by atoms with Crippen LogP contribution in [0.4, 0.5) is 4.39 Å². The Hall–Kier alpha value is -0.540. The van der Waals surface area contributed by atoms with Crippen molar-refractivity contribution in [3.8, 4) is 0 Å². The van der Waals surface area contributed by atoms with E-state index in [9.17, 15) is 4.39 Å². The quantitative estimate of drug-likeness (QED) is 0.705. The second kappa shape index (κ2) is 7.91. The molecule has 0 amide bonds. The molecule has 1 aliphatic carbocycles. The average molecular weight is 281 g/mol. The summed E-state index contributed by atoms with van der Waals surface area (Å²) in [5.74, 6) is 1.87. The van der Waals surface area contributed by atoms with E-state index in [-0.39, 0.29) is 5.82 Å². The van der Waals surface area contributed by atoms with E-state index in [2.05, 4.69) is 12.2 Å². The molecule has 19 heavy (non-hydrogen) atoms. The lowest BCUT2D eigenvalue weighted by atomic mass is 9.81. The average Bonchev–Trinajstić information content (AvgIpc) is 2.38. The van der Waals surface area contributed by atoms with Crippen molar-refractivity contribution in [2.75, 3.05) is 12.3 Å². The Morgan fingerprint density at radius 1 is 1.32 bits per heavy atom. The molecule has 0 bridgehead atoms. The molecule has 106 valence electrons. The first-order chi connectivity index (χ1) is 9.28. The lowest BCUT2D eigenvalue weighted by Gasteiger charge is -2.30. The van der Waals surface area contributed by atoms with Crippen LogP contribution in [0, 0.1) is 11.7 Å². The summed E-state index contributed by atoms with van der Waals surface area (Å²) in [7, 11) is 0. The molecule has 0 heterocycles. The highest BCUT2D eigenvalue weighted by molar-refractivity contribution is 7.99. The van der Waals surface area contributed by atoms with Gasteiger partial charge in [-0.25, -0.2) is 4.39 Å². The first kappa shape index (κ1) is 14.9. The molecule has 0 saturated heterocycles. The van der Waals surface area contributed by atoms with Gasteiger partial charge >= 0.3 is 0 Å². The molecule has 0 radical (unpaired) electrons.